The van der Waals surface area contributed by atoms with Crippen LogP contribution in [0.2, 0.25) is 0 Å². The maximum atomic E-state index is 12.0. The zero-order valence-electron chi connectivity index (χ0n) is 3.81. The SMILES string of the molecule is FC1=CC=NN(Cl)N1. The quantitative estimate of drug-likeness (QED) is 0.392. The first-order valence-corrected chi connectivity index (χ1v) is 2.25. The van der Waals surface area contributed by atoms with Gasteiger partial charge in [0.05, 0.1) is 18.0 Å². The van der Waals surface area contributed by atoms with Crippen LogP contribution in [0, 0.1) is 0 Å². The predicted molar refractivity (Wildman–Crippen MR) is 28.5 cm³/mol. The molecule has 0 radical (unpaired) electrons. The fourth-order valence-corrected chi connectivity index (χ4v) is 0.443. The highest BCUT2D eigenvalue weighted by molar-refractivity contribution is 6.13. The Morgan fingerprint density at radius 2 is 2.62 bits per heavy atom. The molecule has 1 rings (SSSR count). The largest absolute Gasteiger partial charge is 0.242 e. The number of rotatable bonds is 0. The van der Waals surface area contributed by atoms with Gasteiger partial charge in [-0.2, -0.15) is 4.39 Å². The molecule has 0 aromatic rings. The second kappa shape index (κ2) is 2.00. The molecule has 0 fully saturated rings. The van der Waals surface area contributed by atoms with Crippen LogP contribution >= 0.6 is 11.8 Å². The summed E-state index contributed by atoms with van der Waals surface area (Å²) in [4.78, 5) is 0. The smallest absolute Gasteiger partial charge is 0.209 e. The van der Waals surface area contributed by atoms with Gasteiger partial charge >= 0.3 is 0 Å². The summed E-state index contributed by atoms with van der Waals surface area (Å²) in [6.07, 6.45) is 2.41. The molecule has 5 heteroatoms. The van der Waals surface area contributed by atoms with Gasteiger partial charge in [-0.1, -0.05) is 0 Å². The average molecular weight is 136 g/mol. The number of nitrogens with zero attached hydrogens (tertiary/aromatic N) is 2. The second-order valence-electron chi connectivity index (χ2n) is 1.15. The minimum atomic E-state index is -0.519. The lowest BCUT2D eigenvalue weighted by molar-refractivity contribution is 0.337. The molecule has 8 heavy (non-hydrogen) atoms. The summed E-state index contributed by atoms with van der Waals surface area (Å²) in [6, 6.07) is 0. The summed E-state index contributed by atoms with van der Waals surface area (Å²) in [5.74, 6) is -0.519. The number of allylic oxidation sites excluding steroid dienone is 1. The third-order valence-electron chi connectivity index (χ3n) is 0.588. The van der Waals surface area contributed by atoms with Crippen LogP contribution in [0.4, 0.5) is 4.39 Å². The molecule has 0 aliphatic carbocycles. The van der Waals surface area contributed by atoms with Gasteiger partial charge in [0.1, 0.15) is 0 Å². The predicted octanol–water partition coefficient (Wildman–Crippen LogP) is 0.757. The van der Waals surface area contributed by atoms with Crippen LogP contribution in [0.5, 0.6) is 0 Å². The van der Waals surface area contributed by atoms with Crippen LogP contribution in [0.3, 0.4) is 0 Å². The number of nitrogens with one attached hydrogen (secondary N) is 1. The zero-order chi connectivity index (χ0) is 5.98. The van der Waals surface area contributed by atoms with Gasteiger partial charge in [-0.25, -0.2) is 5.43 Å². The van der Waals surface area contributed by atoms with E-state index < -0.39 is 5.95 Å². The van der Waals surface area contributed by atoms with E-state index in [-0.39, 0.29) is 0 Å². The minimum Gasteiger partial charge on any atom is -0.242 e. The van der Waals surface area contributed by atoms with Gasteiger partial charge in [0, 0.05) is 6.08 Å². The van der Waals surface area contributed by atoms with Crippen molar-refractivity contribution in [2.24, 2.45) is 5.10 Å². The summed E-state index contributed by atoms with van der Waals surface area (Å²) in [7, 11) is 0. The molecule has 0 aromatic heterocycles. The van der Waals surface area contributed by atoms with Crippen molar-refractivity contribution in [2.45, 2.75) is 0 Å². The van der Waals surface area contributed by atoms with Gasteiger partial charge in [-0.3, -0.25) is 0 Å². The number of hydrogen-bond donors (Lipinski definition) is 1. The summed E-state index contributed by atoms with van der Waals surface area (Å²) in [5.41, 5.74) is 2.07. The van der Waals surface area contributed by atoms with Gasteiger partial charge in [0.2, 0.25) is 5.95 Å². The molecule has 1 N–H and O–H groups in total. The Hall–Kier alpha value is -0.770. The van der Waals surface area contributed by atoms with Crippen molar-refractivity contribution in [3.8, 4) is 0 Å². The summed E-state index contributed by atoms with van der Waals surface area (Å²) < 4.78 is 12.7. The standard InChI is InChI=1S/C3H3ClFN3/c4-8-6-2-1-3(5)7-8/h1-2,7H. The van der Waals surface area contributed by atoms with E-state index in [2.05, 4.69) is 10.5 Å². The van der Waals surface area contributed by atoms with E-state index in [0.29, 0.717) is 0 Å². The summed E-state index contributed by atoms with van der Waals surface area (Å²) in [5, 5.41) is 3.43. The van der Waals surface area contributed by atoms with E-state index >= 15 is 0 Å². The second-order valence-corrected chi connectivity index (χ2v) is 1.47. The molecule has 0 amide bonds. The van der Waals surface area contributed by atoms with Gasteiger partial charge < -0.3 is 0 Å². The molecule has 0 saturated carbocycles. The van der Waals surface area contributed by atoms with E-state index in [1.165, 1.54) is 12.3 Å². The fourth-order valence-electron chi connectivity index (χ4n) is 0.312. The Bertz CT molecular complexity index is 143. The van der Waals surface area contributed by atoms with Crippen LogP contribution in [0.1, 0.15) is 0 Å². The molecule has 0 aromatic carbocycles. The van der Waals surface area contributed by atoms with Crippen molar-refractivity contribution in [1.82, 2.24) is 10.1 Å². The van der Waals surface area contributed by atoms with Gasteiger partial charge in [0.25, 0.3) is 0 Å². The molecule has 0 bridgehead atoms. The normalized spacial score (nSPS) is 17.8. The highest BCUT2D eigenvalue weighted by atomic mass is 35.5. The molecular weight excluding hydrogens is 133 g/mol. The zero-order valence-corrected chi connectivity index (χ0v) is 4.56. The molecule has 1 aliphatic heterocycles. The molecular formula is C3H3ClFN3. The molecule has 3 nitrogen and oxygen atoms in total. The van der Waals surface area contributed by atoms with Crippen molar-refractivity contribution in [2.75, 3.05) is 0 Å². The molecule has 0 spiro atoms. The molecule has 1 heterocycles. The fraction of sp³-hybridized carbons (Fsp3) is 0. The van der Waals surface area contributed by atoms with Gasteiger partial charge in [0.15, 0.2) is 0 Å². The lowest BCUT2D eigenvalue weighted by atomic mass is 10.6. The van der Waals surface area contributed by atoms with Crippen LogP contribution in [0.25, 0.3) is 0 Å². The first-order valence-electron chi connectivity index (χ1n) is 1.91. The van der Waals surface area contributed by atoms with Crippen molar-refractivity contribution in [3.63, 3.8) is 0 Å². The van der Waals surface area contributed by atoms with Crippen LogP contribution in [-0.2, 0) is 0 Å². The monoisotopic (exact) mass is 135 g/mol. The van der Waals surface area contributed by atoms with Crippen LogP contribution < -0.4 is 5.43 Å². The first-order chi connectivity index (χ1) is 3.79. The van der Waals surface area contributed by atoms with Crippen LogP contribution in [-0.4, -0.2) is 10.9 Å². The molecule has 0 saturated heterocycles. The Morgan fingerprint density at radius 1 is 1.88 bits per heavy atom. The first kappa shape index (κ1) is 5.37. The third-order valence-corrected chi connectivity index (χ3v) is 0.760. The number of hydrazone groups is 1. The van der Waals surface area contributed by atoms with Crippen molar-refractivity contribution in [1.29, 1.82) is 0 Å². The summed E-state index contributed by atoms with van der Waals surface area (Å²) in [6.45, 7) is 0. The maximum absolute atomic E-state index is 12.0. The average Bonchev–Trinajstić information content (AvgIpc) is 1.64. The van der Waals surface area contributed by atoms with E-state index in [1.807, 2.05) is 0 Å². The topological polar surface area (TPSA) is 27.6 Å². The lowest BCUT2D eigenvalue weighted by Crippen LogP contribution is -2.25. The van der Waals surface area contributed by atoms with E-state index in [1.54, 1.807) is 0 Å². The number of hydrogen-bond acceptors (Lipinski definition) is 3. The third kappa shape index (κ3) is 1.10. The van der Waals surface area contributed by atoms with Crippen molar-refractivity contribution in [3.05, 3.63) is 12.0 Å². The number of hydrazine groups is 1. The van der Waals surface area contributed by atoms with Crippen molar-refractivity contribution < 1.29 is 4.39 Å². The van der Waals surface area contributed by atoms with E-state index in [4.69, 9.17) is 11.8 Å². The molecule has 44 valence electrons. The van der Waals surface area contributed by atoms with Crippen LogP contribution in [0.15, 0.2) is 17.1 Å². The van der Waals surface area contributed by atoms with Gasteiger partial charge in [-0.05, 0) is 0 Å². The Morgan fingerprint density at radius 3 is 3.00 bits per heavy atom. The van der Waals surface area contributed by atoms with Gasteiger partial charge in [-0.15, -0.1) is 9.74 Å². The molecule has 0 unspecified atom stereocenters. The molecule has 1 aliphatic rings. The lowest BCUT2D eigenvalue weighted by Gasteiger charge is -2.11. The van der Waals surface area contributed by atoms with E-state index in [9.17, 15) is 4.39 Å². The Labute approximate surface area is 50.5 Å². The maximum Gasteiger partial charge on any atom is 0.209 e. The number of halogens is 2. The minimum absolute atomic E-state index is 0.519. The highest BCUT2D eigenvalue weighted by Crippen LogP contribution is 1.99. The van der Waals surface area contributed by atoms with Crippen molar-refractivity contribution >= 4 is 18.0 Å². The highest BCUT2D eigenvalue weighted by Gasteiger charge is 2.00. The van der Waals surface area contributed by atoms with E-state index in [0.717, 1.165) is 4.64 Å². The molecule has 0 atom stereocenters. The summed E-state index contributed by atoms with van der Waals surface area (Å²) >= 11 is 5.15. The Balaban J connectivity index is 2.59. The Kier molecular flexibility index (Phi) is 1.34.